The molecule has 0 saturated carbocycles. The number of benzene rings is 1. The van der Waals surface area contributed by atoms with Gasteiger partial charge in [0.2, 0.25) is 11.8 Å². The third-order valence-electron chi connectivity index (χ3n) is 8.51. The number of likely N-dealkylation sites (tertiary alicyclic amines) is 2. The number of carbonyl (C=O) groups is 6. The zero-order valence-electron chi connectivity index (χ0n) is 43.7. The quantitative estimate of drug-likeness (QED) is 0.0519. The monoisotopic (exact) mass is 1200 g/mol. The molecule has 5 aliphatic rings. The molecule has 2 saturated heterocycles. The van der Waals surface area contributed by atoms with Gasteiger partial charge in [0.05, 0.1) is 0 Å². The zero-order chi connectivity index (χ0) is 60.3. The molecule has 0 aliphatic carbocycles. The fourth-order valence-corrected chi connectivity index (χ4v) is 6.78. The molecule has 9 heterocycles. The number of amides is 4. The van der Waals surface area contributed by atoms with E-state index in [9.17, 15) is 46.8 Å². The SMILES string of the molecule is C=CC(=C)C.C=CC=C.C=CN1CCCC1=O.C=CN1CCCCCC1=O.CN1C(=O)C=CC1=O.Cc1coc(=O)o1.O=C1C=CC(=O)O1.O=S1(=O)OC=CO1.O=c1occ(-c2ccccc2)o1.S=c1occo1.S=c1sccs1. The van der Waals surface area contributed by atoms with Crippen molar-refractivity contribution in [1.29, 1.82) is 0 Å². The Kier molecular flexibility index (Phi) is 37.8. The molecule has 4 aromatic heterocycles. The highest BCUT2D eigenvalue weighted by Crippen LogP contribution is 2.16. The maximum Gasteiger partial charge on any atom is 0.519 e. The lowest BCUT2D eigenvalue weighted by atomic mass is 10.2. The van der Waals surface area contributed by atoms with Crippen molar-refractivity contribution in [2.45, 2.75) is 52.4 Å². The molecular weight excluding hydrogens is 1140 g/mol. The number of allylic oxidation sites excluding steroid dienone is 4. The number of imide groups is 1. The van der Waals surface area contributed by atoms with Gasteiger partial charge >= 0.3 is 38.9 Å². The van der Waals surface area contributed by atoms with Gasteiger partial charge in [0, 0.05) is 85.8 Å². The second-order valence-electron chi connectivity index (χ2n) is 14.5. The topological polar surface area (TPSA) is 287 Å². The van der Waals surface area contributed by atoms with Crippen LogP contribution in [0.1, 0.15) is 51.2 Å². The van der Waals surface area contributed by atoms with Crippen LogP contribution < -0.4 is 11.6 Å². The van der Waals surface area contributed by atoms with Crippen LogP contribution in [-0.2, 0) is 52.3 Å². The van der Waals surface area contributed by atoms with E-state index in [0.717, 1.165) is 76.2 Å². The predicted octanol–water partition coefficient (Wildman–Crippen LogP) is 10.9. The van der Waals surface area contributed by atoms with Crippen LogP contribution in [0.4, 0.5) is 0 Å². The first kappa shape index (κ1) is 71.4. The maximum absolute atomic E-state index is 11.1. The summed E-state index contributed by atoms with van der Waals surface area (Å²) in [6.07, 6.45) is 25.9. The molecule has 5 aliphatic heterocycles. The number of esters is 2. The normalized spacial score (nSPS) is 14.2. The number of ether oxygens (including phenoxy) is 1. The molecular formula is C53H59N3O19S5. The standard InChI is InChI=1S/C9H6O3.C8H13NO.C6H9NO.C5H5NO2.C5H8.C4H4O3.C4H2O3.C4H6.C3H2O2S.C3H2S3.C2H2O4S/c10-9-11-6-8(12-9)7-4-2-1-3-5-7;1-2-9-7-5-3-4-6-8(9)10;1-2-7-5-3-4-6(7)8;1-6-4(7)2-3-5(6)8;1-4-5(2)3;1-3-2-6-4(5)7-3;5-3-1-2-4(6)7-3;1-3-4-2;6-3-4-1-2-5-3;4-3-5-1-2-6-3;3-7(4)5-1-2-6-7/h1-6H;2H,1,3-7H2;2H,1,3-5H2;2-3H,1H3;4H,1-2H2,3H3;2H,1H3;1-2H;3-4H,1-2H2;2*1-2H;1-2H. The van der Waals surface area contributed by atoms with E-state index in [0.29, 0.717) is 24.4 Å². The average Bonchev–Trinajstić information content (AvgIpc) is 4.35. The van der Waals surface area contributed by atoms with E-state index in [1.807, 2.05) is 48.0 Å². The average molecular weight is 1200 g/mol. The molecule has 22 nitrogen and oxygen atoms in total. The van der Waals surface area contributed by atoms with Crippen molar-refractivity contribution in [2.24, 2.45) is 0 Å². The summed E-state index contributed by atoms with van der Waals surface area (Å²) < 4.78 is 59.5. The van der Waals surface area contributed by atoms with Crippen LogP contribution in [-0.4, -0.2) is 78.8 Å². The fourth-order valence-electron chi connectivity index (χ4n) is 4.71. The fraction of sp³-hybridized carbons (Fsp3) is 0.208. The van der Waals surface area contributed by atoms with Gasteiger partial charge in [-0.3, -0.25) is 24.1 Å². The third-order valence-corrected chi connectivity index (χ3v) is 11.7. The minimum absolute atomic E-state index is 0.176. The lowest BCUT2D eigenvalue weighted by molar-refractivity contribution is -0.150. The Labute approximate surface area is 479 Å². The second kappa shape index (κ2) is 42.4. The number of rotatable bonds is 5. The van der Waals surface area contributed by atoms with E-state index < -0.39 is 34.0 Å². The molecule has 0 atom stereocenters. The number of likely N-dealkylation sites (N-methyl/N-ethyl adjacent to an activating group) is 1. The first-order valence-electron chi connectivity index (χ1n) is 22.8. The lowest BCUT2D eigenvalue weighted by Crippen LogP contribution is -2.24. The van der Waals surface area contributed by atoms with Crippen molar-refractivity contribution >= 4 is 93.1 Å². The summed E-state index contributed by atoms with van der Waals surface area (Å²) in [5, 5.41) is 3.99. The van der Waals surface area contributed by atoms with Gasteiger partial charge < -0.3 is 49.4 Å². The molecule has 0 bridgehead atoms. The Morgan fingerprint density at radius 2 is 1.12 bits per heavy atom. The highest BCUT2D eigenvalue weighted by atomic mass is 32.3. The largest absolute Gasteiger partial charge is 0.519 e. The molecule has 4 amide bonds. The number of hydrogen-bond acceptors (Lipinski definition) is 23. The Balaban J connectivity index is 0.000000868. The summed E-state index contributed by atoms with van der Waals surface area (Å²) >= 11 is 12.4. The summed E-state index contributed by atoms with van der Waals surface area (Å²) in [5.41, 5.74) is 1.85. The van der Waals surface area contributed by atoms with Gasteiger partial charge in [0.25, 0.3) is 11.8 Å². The Morgan fingerprint density at radius 1 is 0.650 bits per heavy atom. The molecule has 2 fully saturated rings. The van der Waals surface area contributed by atoms with Crippen LogP contribution in [0.25, 0.3) is 11.3 Å². The molecule has 5 aromatic rings. The van der Waals surface area contributed by atoms with Crippen molar-refractivity contribution in [2.75, 3.05) is 20.1 Å². The number of hydrogen-bond donors (Lipinski definition) is 0. The Bertz CT molecular complexity index is 3070. The van der Waals surface area contributed by atoms with Crippen molar-refractivity contribution in [3.8, 4) is 11.3 Å². The predicted molar refractivity (Wildman–Crippen MR) is 304 cm³/mol. The minimum atomic E-state index is -3.66. The van der Waals surface area contributed by atoms with Crippen LogP contribution in [0.15, 0.2) is 215 Å². The molecule has 430 valence electrons. The van der Waals surface area contributed by atoms with Gasteiger partial charge in [0.1, 0.15) is 46.5 Å². The van der Waals surface area contributed by atoms with Crippen molar-refractivity contribution in [1.82, 2.24) is 14.7 Å². The second-order valence-corrected chi connectivity index (χ2v) is 19.1. The van der Waals surface area contributed by atoms with Gasteiger partial charge in [-0.25, -0.2) is 19.2 Å². The van der Waals surface area contributed by atoms with Crippen LogP contribution in [0.5, 0.6) is 0 Å². The summed E-state index contributed by atoms with van der Waals surface area (Å²) in [6, 6.07) is 9.30. The van der Waals surface area contributed by atoms with E-state index >= 15 is 0 Å². The lowest BCUT2D eigenvalue weighted by Gasteiger charge is -2.13. The van der Waals surface area contributed by atoms with Gasteiger partial charge in [0.15, 0.2) is 5.76 Å². The van der Waals surface area contributed by atoms with Gasteiger partial charge in [-0.15, -0.1) is 31.1 Å². The highest BCUT2D eigenvalue weighted by molar-refractivity contribution is 7.82. The number of carbonyl (C=O) groups excluding carboxylic acids is 6. The zero-order valence-corrected chi connectivity index (χ0v) is 47.8. The highest BCUT2D eigenvalue weighted by Gasteiger charge is 2.18. The van der Waals surface area contributed by atoms with Gasteiger partial charge in [-0.1, -0.05) is 112 Å². The summed E-state index contributed by atoms with van der Waals surface area (Å²) in [7, 11) is -2.21. The molecule has 1 aromatic carbocycles. The van der Waals surface area contributed by atoms with Gasteiger partial charge in [-0.2, -0.15) is 0 Å². The van der Waals surface area contributed by atoms with E-state index in [-0.39, 0.29) is 28.5 Å². The number of aryl methyl sites for hydroxylation is 1. The number of cyclic esters (lactones) is 2. The molecule has 10 rings (SSSR count). The maximum atomic E-state index is 11.1. The molecule has 27 heteroatoms. The van der Waals surface area contributed by atoms with Crippen LogP contribution in [0.3, 0.4) is 0 Å². The third kappa shape index (κ3) is 35.7. The molecule has 0 unspecified atom stereocenters. The number of nitrogens with zero attached hydrogens (tertiary/aromatic N) is 3. The van der Waals surface area contributed by atoms with Gasteiger partial charge in [-0.05, 0) is 45.5 Å². The molecule has 80 heavy (non-hydrogen) atoms. The summed E-state index contributed by atoms with van der Waals surface area (Å²) in [5.74, 6) is -1.55. The van der Waals surface area contributed by atoms with Crippen LogP contribution in [0, 0.1) is 15.0 Å². The first-order valence-corrected chi connectivity index (χ1v) is 26.7. The van der Waals surface area contributed by atoms with E-state index in [4.69, 9.17) is 16.6 Å². The molecule has 0 radical (unpaired) electrons. The van der Waals surface area contributed by atoms with Crippen molar-refractivity contribution < 1.29 is 76.8 Å². The van der Waals surface area contributed by atoms with E-state index in [2.05, 4.69) is 86.9 Å². The van der Waals surface area contributed by atoms with Crippen molar-refractivity contribution in [3.05, 3.63) is 214 Å². The smallest absolute Gasteiger partial charge is 0.422 e. The first-order chi connectivity index (χ1) is 38.0. The van der Waals surface area contributed by atoms with E-state index in [1.54, 1.807) is 70.0 Å². The minimum Gasteiger partial charge on any atom is -0.422 e. The summed E-state index contributed by atoms with van der Waals surface area (Å²) in [6.45, 7) is 26.1. The van der Waals surface area contributed by atoms with Crippen LogP contribution >= 0.6 is 47.1 Å². The Morgan fingerprint density at radius 3 is 1.39 bits per heavy atom. The molecule has 0 N–H and O–H groups in total. The molecule has 0 spiro atoms. The van der Waals surface area contributed by atoms with E-state index in [1.165, 1.54) is 50.7 Å². The van der Waals surface area contributed by atoms with Crippen LogP contribution in [0.2, 0.25) is 0 Å². The van der Waals surface area contributed by atoms with Crippen molar-refractivity contribution in [3.63, 3.8) is 0 Å². The summed E-state index contributed by atoms with van der Waals surface area (Å²) in [4.78, 5) is 87.5. The Hall–Kier alpha value is -8.63.